The summed E-state index contributed by atoms with van der Waals surface area (Å²) in [6.07, 6.45) is 1.90. The van der Waals surface area contributed by atoms with E-state index in [2.05, 4.69) is 24.0 Å². The number of aromatic nitrogens is 2. The number of hydrogen-bond acceptors (Lipinski definition) is 4. The predicted octanol–water partition coefficient (Wildman–Crippen LogP) is 4.34. The van der Waals surface area contributed by atoms with Crippen molar-refractivity contribution in [2.75, 3.05) is 0 Å². The van der Waals surface area contributed by atoms with Gasteiger partial charge in [-0.2, -0.15) is 0 Å². The third-order valence-corrected chi connectivity index (χ3v) is 5.93. The number of fused-ring (bicyclic) bond motifs is 3. The Morgan fingerprint density at radius 3 is 2.76 bits per heavy atom. The van der Waals surface area contributed by atoms with Crippen LogP contribution in [0.2, 0.25) is 0 Å². The van der Waals surface area contributed by atoms with Gasteiger partial charge in [0, 0.05) is 0 Å². The minimum Gasteiger partial charge on any atom is -0.489 e. The molecule has 0 fully saturated rings. The number of hydrogen-bond donors (Lipinski definition) is 0. The summed E-state index contributed by atoms with van der Waals surface area (Å²) in [7, 11) is 0. The molecule has 0 aliphatic heterocycles. The first-order valence-corrected chi connectivity index (χ1v) is 10.2. The Kier molecular flexibility index (Phi) is 4.37. The van der Waals surface area contributed by atoms with Crippen molar-refractivity contribution in [2.45, 2.75) is 13.5 Å². The molecule has 0 radical (unpaired) electrons. The number of imidazole rings is 1. The molecule has 4 nitrogen and oxygen atoms in total. The molecule has 0 spiro atoms. The standard InChI is InChI=1S/C24H18N2O2S/c1-16-7-2-3-9-18(16)15-28-19-10-6-8-17(13-19)14-22-23(27)26-21-12-5-4-11-20(21)25-24(26)29-22/h2-14H,15H2,1H3/b22-14-. The van der Waals surface area contributed by atoms with Gasteiger partial charge < -0.3 is 4.74 Å². The van der Waals surface area contributed by atoms with Crippen LogP contribution in [0.25, 0.3) is 22.1 Å². The molecule has 2 aromatic heterocycles. The number of para-hydroxylation sites is 2. The highest BCUT2D eigenvalue weighted by Crippen LogP contribution is 2.18. The molecule has 5 rings (SSSR count). The lowest BCUT2D eigenvalue weighted by atomic mass is 10.1. The van der Waals surface area contributed by atoms with Gasteiger partial charge in [-0.3, -0.25) is 4.79 Å². The zero-order chi connectivity index (χ0) is 19.8. The Labute approximate surface area is 171 Å². The van der Waals surface area contributed by atoms with Gasteiger partial charge in [-0.05, 0) is 54.0 Å². The van der Waals surface area contributed by atoms with Crippen LogP contribution in [-0.2, 0) is 6.61 Å². The number of nitrogens with zero attached hydrogens (tertiary/aromatic N) is 2. The number of aryl methyl sites for hydroxylation is 1. The van der Waals surface area contributed by atoms with E-state index < -0.39 is 0 Å². The molecule has 0 unspecified atom stereocenters. The molecule has 142 valence electrons. The largest absolute Gasteiger partial charge is 0.489 e. The molecule has 0 aliphatic rings. The summed E-state index contributed by atoms with van der Waals surface area (Å²) in [5.41, 5.74) is 4.95. The zero-order valence-corrected chi connectivity index (χ0v) is 16.6. The molecule has 3 aromatic carbocycles. The first kappa shape index (κ1) is 17.6. The number of thiazole rings is 1. The van der Waals surface area contributed by atoms with Gasteiger partial charge in [0.15, 0.2) is 4.96 Å². The lowest BCUT2D eigenvalue weighted by molar-refractivity contribution is 0.305. The first-order valence-electron chi connectivity index (χ1n) is 9.38. The fourth-order valence-corrected chi connectivity index (χ4v) is 4.38. The van der Waals surface area contributed by atoms with Gasteiger partial charge in [-0.25, -0.2) is 9.38 Å². The van der Waals surface area contributed by atoms with Gasteiger partial charge >= 0.3 is 0 Å². The molecule has 2 heterocycles. The van der Waals surface area contributed by atoms with Crippen LogP contribution in [-0.4, -0.2) is 9.38 Å². The lowest BCUT2D eigenvalue weighted by Gasteiger charge is -2.09. The van der Waals surface area contributed by atoms with Crippen molar-refractivity contribution >= 4 is 33.4 Å². The van der Waals surface area contributed by atoms with E-state index in [-0.39, 0.29) is 5.56 Å². The summed E-state index contributed by atoms with van der Waals surface area (Å²) in [5, 5.41) is 0. The summed E-state index contributed by atoms with van der Waals surface area (Å²) >= 11 is 1.41. The molecule has 5 heteroatoms. The molecule has 0 amide bonds. The molecular weight excluding hydrogens is 380 g/mol. The van der Waals surface area contributed by atoms with Crippen molar-refractivity contribution in [1.82, 2.24) is 9.38 Å². The fraction of sp³-hybridized carbons (Fsp3) is 0.0833. The van der Waals surface area contributed by atoms with Crippen LogP contribution in [0.4, 0.5) is 0 Å². The van der Waals surface area contributed by atoms with Crippen LogP contribution < -0.4 is 14.8 Å². The second kappa shape index (κ2) is 7.18. The van der Waals surface area contributed by atoms with E-state index in [1.54, 1.807) is 4.40 Å². The second-order valence-electron chi connectivity index (χ2n) is 6.92. The lowest BCUT2D eigenvalue weighted by Crippen LogP contribution is -2.22. The topological polar surface area (TPSA) is 43.6 Å². The quantitative estimate of drug-likeness (QED) is 0.452. The zero-order valence-electron chi connectivity index (χ0n) is 15.8. The van der Waals surface area contributed by atoms with Crippen molar-refractivity contribution < 1.29 is 4.74 Å². The molecule has 0 N–H and O–H groups in total. The Morgan fingerprint density at radius 1 is 1.03 bits per heavy atom. The minimum absolute atomic E-state index is 0.0371. The Bertz CT molecular complexity index is 1450. The third-order valence-electron chi connectivity index (χ3n) is 4.96. The predicted molar refractivity (Wildman–Crippen MR) is 118 cm³/mol. The molecule has 29 heavy (non-hydrogen) atoms. The Morgan fingerprint density at radius 2 is 1.86 bits per heavy atom. The van der Waals surface area contributed by atoms with Gasteiger partial charge in [-0.15, -0.1) is 0 Å². The number of rotatable bonds is 4. The summed E-state index contributed by atoms with van der Waals surface area (Å²) in [6, 6.07) is 23.7. The van der Waals surface area contributed by atoms with Crippen molar-refractivity contribution in [3.63, 3.8) is 0 Å². The second-order valence-corrected chi connectivity index (χ2v) is 7.93. The fourth-order valence-electron chi connectivity index (χ4n) is 3.39. The van der Waals surface area contributed by atoms with Gasteiger partial charge in [0.25, 0.3) is 5.56 Å². The van der Waals surface area contributed by atoms with Crippen molar-refractivity contribution in [3.8, 4) is 5.75 Å². The van der Waals surface area contributed by atoms with E-state index in [1.807, 2.05) is 66.7 Å². The maximum absolute atomic E-state index is 12.9. The summed E-state index contributed by atoms with van der Waals surface area (Å²) in [5.74, 6) is 0.779. The van der Waals surface area contributed by atoms with Crippen LogP contribution in [0.5, 0.6) is 5.75 Å². The van der Waals surface area contributed by atoms with Gasteiger partial charge in [-0.1, -0.05) is 59.9 Å². The van der Waals surface area contributed by atoms with Crippen LogP contribution in [0, 0.1) is 6.92 Å². The molecule has 0 bridgehead atoms. The molecule has 0 saturated carbocycles. The van der Waals surface area contributed by atoms with Crippen LogP contribution in [0.1, 0.15) is 16.7 Å². The average molecular weight is 398 g/mol. The number of ether oxygens (including phenoxy) is 1. The average Bonchev–Trinajstić information content (AvgIpc) is 3.24. The van der Waals surface area contributed by atoms with E-state index in [9.17, 15) is 4.79 Å². The highest BCUT2D eigenvalue weighted by Gasteiger charge is 2.10. The molecule has 5 aromatic rings. The van der Waals surface area contributed by atoms with E-state index in [4.69, 9.17) is 4.74 Å². The van der Waals surface area contributed by atoms with E-state index in [0.29, 0.717) is 11.1 Å². The van der Waals surface area contributed by atoms with Crippen molar-refractivity contribution in [1.29, 1.82) is 0 Å². The van der Waals surface area contributed by atoms with E-state index in [0.717, 1.165) is 32.9 Å². The maximum atomic E-state index is 12.9. The van der Waals surface area contributed by atoms with Gasteiger partial charge in [0.1, 0.15) is 12.4 Å². The van der Waals surface area contributed by atoms with Gasteiger partial charge in [0.05, 0.1) is 15.6 Å². The Hall–Kier alpha value is -3.44. The first-order chi connectivity index (χ1) is 14.2. The molecule has 0 atom stereocenters. The normalized spacial score (nSPS) is 12.1. The summed E-state index contributed by atoms with van der Waals surface area (Å²) in [6.45, 7) is 2.59. The van der Waals surface area contributed by atoms with Crippen molar-refractivity contribution in [2.24, 2.45) is 0 Å². The molecule has 0 aliphatic carbocycles. The maximum Gasteiger partial charge on any atom is 0.274 e. The van der Waals surface area contributed by atoms with Crippen LogP contribution in [0.15, 0.2) is 77.6 Å². The van der Waals surface area contributed by atoms with Crippen molar-refractivity contribution in [3.05, 3.63) is 104 Å². The van der Waals surface area contributed by atoms with E-state index >= 15 is 0 Å². The minimum atomic E-state index is -0.0371. The van der Waals surface area contributed by atoms with Crippen LogP contribution in [0.3, 0.4) is 0 Å². The molecular formula is C24H18N2O2S. The SMILES string of the molecule is Cc1ccccc1COc1cccc(/C=c2\sc3nc4ccccc4n3c2=O)c1. The Balaban J connectivity index is 1.48. The summed E-state index contributed by atoms with van der Waals surface area (Å²) in [4.78, 5) is 18.2. The monoisotopic (exact) mass is 398 g/mol. The van der Waals surface area contributed by atoms with Crippen LogP contribution >= 0.6 is 11.3 Å². The third kappa shape index (κ3) is 3.30. The van der Waals surface area contributed by atoms with E-state index in [1.165, 1.54) is 16.9 Å². The molecule has 0 saturated heterocycles. The van der Waals surface area contributed by atoms with Gasteiger partial charge in [0.2, 0.25) is 0 Å². The highest BCUT2D eigenvalue weighted by atomic mass is 32.1. The number of benzene rings is 3. The summed E-state index contributed by atoms with van der Waals surface area (Å²) < 4.78 is 8.32. The highest BCUT2D eigenvalue weighted by molar-refractivity contribution is 7.15. The smallest absolute Gasteiger partial charge is 0.274 e.